The molecule has 2 aromatic rings. The van der Waals surface area contributed by atoms with Crippen LogP contribution in [0.5, 0.6) is 0 Å². The topological polar surface area (TPSA) is 24.9 Å². The maximum atomic E-state index is 5.88. The number of halogens is 1. The zero-order valence-corrected chi connectivity index (χ0v) is 14.0. The zero-order chi connectivity index (χ0) is 15.1. The fraction of sp³-hybridized carbons (Fsp3) is 0.353. The second-order valence-corrected chi connectivity index (χ2v) is 6.88. The standard InChI is InChI=1S/C17H21ClN2S/c1-13(2)9-19-10-15-5-8-17(20-11-15)21-12-14-3-6-16(18)7-4-14/h3-8,11,13,19H,9-10,12H2,1-2H3. The van der Waals surface area contributed by atoms with Gasteiger partial charge in [-0.1, -0.05) is 43.6 Å². The first-order chi connectivity index (χ1) is 10.1. The van der Waals surface area contributed by atoms with Crippen molar-refractivity contribution in [3.8, 4) is 0 Å². The Bertz CT molecular complexity index is 538. The Balaban J connectivity index is 1.80. The quantitative estimate of drug-likeness (QED) is 0.744. The highest BCUT2D eigenvalue weighted by Gasteiger charge is 2.00. The summed E-state index contributed by atoms with van der Waals surface area (Å²) in [6.45, 7) is 6.34. The molecule has 0 saturated carbocycles. The molecule has 0 saturated heterocycles. The van der Waals surface area contributed by atoms with Crippen LogP contribution < -0.4 is 5.32 Å². The molecular formula is C17H21ClN2S. The van der Waals surface area contributed by atoms with Gasteiger partial charge in [0.2, 0.25) is 0 Å². The van der Waals surface area contributed by atoms with Crippen LogP contribution in [0.3, 0.4) is 0 Å². The number of benzene rings is 1. The lowest BCUT2D eigenvalue weighted by Crippen LogP contribution is -2.18. The van der Waals surface area contributed by atoms with E-state index in [1.165, 1.54) is 11.1 Å². The normalized spacial score (nSPS) is 11.0. The zero-order valence-electron chi connectivity index (χ0n) is 12.5. The summed E-state index contributed by atoms with van der Waals surface area (Å²) in [4.78, 5) is 4.51. The third-order valence-electron chi connectivity index (χ3n) is 2.98. The van der Waals surface area contributed by atoms with Crippen molar-refractivity contribution < 1.29 is 0 Å². The molecule has 4 heteroatoms. The molecule has 0 amide bonds. The predicted octanol–water partition coefficient (Wildman–Crippen LogP) is 4.77. The van der Waals surface area contributed by atoms with E-state index >= 15 is 0 Å². The van der Waals surface area contributed by atoms with E-state index in [1.807, 2.05) is 18.3 Å². The van der Waals surface area contributed by atoms with Crippen molar-refractivity contribution in [1.29, 1.82) is 0 Å². The number of hydrogen-bond donors (Lipinski definition) is 1. The van der Waals surface area contributed by atoms with Gasteiger partial charge in [-0.3, -0.25) is 0 Å². The molecule has 0 aliphatic carbocycles. The van der Waals surface area contributed by atoms with Crippen LogP contribution in [0, 0.1) is 5.92 Å². The molecular weight excluding hydrogens is 300 g/mol. The molecule has 0 radical (unpaired) electrons. The second-order valence-electron chi connectivity index (χ2n) is 5.44. The average molecular weight is 321 g/mol. The highest BCUT2D eigenvalue weighted by atomic mass is 35.5. The molecule has 112 valence electrons. The highest BCUT2D eigenvalue weighted by molar-refractivity contribution is 7.98. The van der Waals surface area contributed by atoms with Gasteiger partial charge in [0.25, 0.3) is 0 Å². The molecule has 2 rings (SSSR count). The monoisotopic (exact) mass is 320 g/mol. The van der Waals surface area contributed by atoms with E-state index in [0.717, 1.165) is 28.9 Å². The first kappa shape index (κ1) is 16.3. The molecule has 1 N–H and O–H groups in total. The summed E-state index contributed by atoms with van der Waals surface area (Å²) in [5.74, 6) is 1.59. The van der Waals surface area contributed by atoms with Crippen molar-refractivity contribution in [3.63, 3.8) is 0 Å². The van der Waals surface area contributed by atoms with Gasteiger partial charge in [0.05, 0.1) is 5.03 Å². The van der Waals surface area contributed by atoms with Crippen LogP contribution in [0.15, 0.2) is 47.6 Å². The number of nitrogens with zero attached hydrogens (tertiary/aromatic N) is 1. The Morgan fingerprint density at radius 3 is 2.43 bits per heavy atom. The Morgan fingerprint density at radius 2 is 1.81 bits per heavy atom. The van der Waals surface area contributed by atoms with Crippen molar-refractivity contribution in [3.05, 3.63) is 58.7 Å². The van der Waals surface area contributed by atoms with E-state index in [2.05, 4.69) is 48.4 Å². The fourth-order valence-corrected chi connectivity index (χ4v) is 2.77. The van der Waals surface area contributed by atoms with Gasteiger partial charge in [0.1, 0.15) is 0 Å². The molecule has 21 heavy (non-hydrogen) atoms. The molecule has 0 fully saturated rings. The van der Waals surface area contributed by atoms with Crippen LogP contribution in [0.2, 0.25) is 5.02 Å². The number of pyridine rings is 1. The molecule has 0 aliphatic rings. The summed E-state index contributed by atoms with van der Waals surface area (Å²) in [6.07, 6.45) is 1.96. The van der Waals surface area contributed by atoms with Crippen molar-refractivity contribution >= 4 is 23.4 Å². The molecule has 0 unspecified atom stereocenters. The van der Waals surface area contributed by atoms with E-state index in [1.54, 1.807) is 11.8 Å². The van der Waals surface area contributed by atoms with Crippen molar-refractivity contribution in [2.24, 2.45) is 5.92 Å². The van der Waals surface area contributed by atoms with Crippen LogP contribution in [0.4, 0.5) is 0 Å². The van der Waals surface area contributed by atoms with Gasteiger partial charge in [-0.2, -0.15) is 0 Å². The van der Waals surface area contributed by atoms with Gasteiger partial charge in [0.15, 0.2) is 0 Å². The minimum Gasteiger partial charge on any atom is -0.312 e. The Morgan fingerprint density at radius 1 is 1.10 bits per heavy atom. The summed E-state index contributed by atoms with van der Waals surface area (Å²) in [5.41, 5.74) is 2.49. The first-order valence-electron chi connectivity index (χ1n) is 7.16. The Labute approximate surface area is 136 Å². The van der Waals surface area contributed by atoms with E-state index in [4.69, 9.17) is 11.6 Å². The van der Waals surface area contributed by atoms with Gasteiger partial charge in [-0.25, -0.2) is 4.98 Å². The SMILES string of the molecule is CC(C)CNCc1ccc(SCc2ccc(Cl)cc2)nc1. The molecule has 0 spiro atoms. The minimum atomic E-state index is 0.673. The minimum absolute atomic E-state index is 0.673. The highest BCUT2D eigenvalue weighted by Crippen LogP contribution is 2.21. The van der Waals surface area contributed by atoms with Crippen LogP contribution in [0.1, 0.15) is 25.0 Å². The Hall–Kier alpha value is -1.03. The van der Waals surface area contributed by atoms with Gasteiger partial charge >= 0.3 is 0 Å². The summed E-state index contributed by atoms with van der Waals surface area (Å²) in [5, 5.41) is 5.26. The van der Waals surface area contributed by atoms with Crippen LogP contribution >= 0.6 is 23.4 Å². The van der Waals surface area contributed by atoms with Crippen LogP contribution in [-0.4, -0.2) is 11.5 Å². The van der Waals surface area contributed by atoms with E-state index in [0.29, 0.717) is 5.92 Å². The third kappa shape index (κ3) is 6.08. The van der Waals surface area contributed by atoms with Crippen molar-refractivity contribution in [2.75, 3.05) is 6.54 Å². The predicted molar refractivity (Wildman–Crippen MR) is 91.8 cm³/mol. The molecule has 0 aliphatic heterocycles. The molecule has 1 aromatic heterocycles. The Kier molecular flexibility index (Phi) is 6.55. The second kappa shape index (κ2) is 8.42. The number of nitrogens with one attached hydrogen (secondary N) is 1. The van der Waals surface area contributed by atoms with Crippen LogP contribution in [-0.2, 0) is 12.3 Å². The van der Waals surface area contributed by atoms with Crippen molar-refractivity contribution in [1.82, 2.24) is 10.3 Å². The summed E-state index contributed by atoms with van der Waals surface area (Å²) in [6, 6.07) is 12.2. The first-order valence-corrected chi connectivity index (χ1v) is 8.53. The lowest BCUT2D eigenvalue weighted by Gasteiger charge is -2.07. The van der Waals surface area contributed by atoms with E-state index < -0.39 is 0 Å². The fourth-order valence-electron chi connectivity index (χ4n) is 1.84. The molecule has 0 atom stereocenters. The lowest BCUT2D eigenvalue weighted by atomic mass is 10.2. The molecule has 1 aromatic carbocycles. The number of thioether (sulfide) groups is 1. The average Bonchev–Trinajstić information content (AvgIpc) is 2.48. The third-order valence-corrected chi connectivity index (χ3v) is 4.25. The van der Waals surface area contributed by atoms with Gasteiger partial charge in [0, 0.05) is 23.5 Å². The summed E-state index contributed by atoms with van der Waals surface area (Å²) >= 11 is 7.62. The summed E-state index contributed by atoms with van der Waals surface area (Å²) in [7, 11) is 0. The van der Waals surface area contributed by atoms with Gasteiger partial charge in [-0.15, -0.1) is 11.8 Å². The summed E-state index contributed by atoms with van der Waals surface area (Å²) < 4.78 is 0. The molecule has 0 bridgehead atoms. The van der Waals surface area contributed by atoms with Crippen molar-refractivity contribution in [2.45, 2.75) is 31.2 Å². The largest absolute Gasteiger partial charge is 0.312 e. The van der Waals surface area contributed by atoms with E-state index in [-0.39, 0.29) is 0 Å². The maximum Gasteiger partial charge on any atom is 0.0963 e. The smallest absolute Gasteiger partial charge is 0.0963 e. The lowest BCUT2D eigenvalue weighted by molar-refractivity contribution is 0.551. The number of aromatic nitrogens is 1. The maximum absolute atomic E-state index is 5.88. The van der Waals surface area contributed by atoms with Crippen LogP contribution in [0.25, 0.3) is 0 Å². The number of rotatable bonds is 7. The molecule has 1 heterocycles. The van der Waals surface area contributed by atoms with Gasteiger partial charge < -0.3 is 5.32 Å². The molecule has 2 nitrogen and oxygen atoms in total. The number of hydrogen-bond acceptors (Lipinski definition) is 3. The van der Waals surface area contributed by atoms with E-state index in [9.17, 15) is 0 Å². The van der Waals surface area contributed by atoms with Gasteiger partial charge in [-0.05, 0) is 41.8 Å².